The van der Waals surface area contributed by atoms with Gasteiger partial charge in [-0.05, 0) is 18.6 Å². The highest BCUT2D eigenvalue weighted by atomic mass is 19.1. The van der Waals surface area contributed by atoms with E-state index in [1.807, 2.05) is 11.8 Å². The first-order chi connectivity index (χ1) is 14.0. The molecule has 3 aromatic rings. The molecule has 9 heteroatoms. The third-order valence-corrected chi connectivity index (χ3v) is 4.31. The van der Waals surface area contributed by atoms with Crippen molar-refractivity contribution in [3.8, 4) is 5.75 Å². The Hall–Kier alpha value is -3.62. The van der Waals surface area contributed by atoms with Crippen LogP contribution in [0.4, 0.5) is 20.3 Å². The number of nitrogens with one attached hydrogen (secondary N) is 1. The van der Waals surface area contributed by atoms with Crippen molar-refractivity contribution in [3.63, 3.8) is 0 Å². The molecule has 0 atom stereocenters. The van der Waals surface area contributed by atoms with E-state index in [1.165, 1.54) is 12.4 Å². The molecule has 29 heavy (non-hydrogen) atoms. The van der Waals surface area contributed by atoms with Gasteiger partial charge >= 0.3 is 0 Å². The highest BCUT2D eigenvalue weighted by molar-refractivity contribution is 6.06. The lowest BCUT2D eigenvalue weighted by Crippen LogP contribution is -2.54. The van der Waals surface area contributed by atoms with Gasteiger partial charge in [-0.25, -0.2) is 18.7 Å². The minimum absolute atomic E-state index is 0.121. The number of nitrogens with zero attached hydrogens (tertiary/aromatic N) is 4. The van der Waals surface area contributed by atoms with E-state index in [1.54, 1.807) is 18.5 Å². The lowest BCUT2D eigenvalue weighted by molar-refractivity contribution is 0.102. The van der Waals surface area contributed by atoms with Crippen LogP contribution in [-0.2, 0) is 0 Å². The van der Waals surface area contributed by atoms with Crippen molar-refractivity contribution >= 4 is 17.4 Å². The molecule has 0 spiro atoms. The molecule has 0 bridgehead atoms. The average molecular weight is 397 g/mol. The van der Waals surface area contributed by atoms with E-state index >= 15 is 0 Å². The third-order valence-electron chi connectivity index (χ3n) is 4.31. The Kier molecular flexibility index (Phi) is 5.03. The summed E-state index contributed by atoms with van der Waals surface area (Å²) in [5.41, 5.74) is 1.65. The van der Waals surface area contributed by atoms with E-state index in [0.717, 1.165) is 23.8 Å². The lowest BCUT2D eigenvalue weighted by Gasteiger charge is -2.40. The van der Waals surface area contributed by atoms with Gasteiger partial charge < -0.3 is 15.0 Å². The molecule has 0 radical (unpaired) electrons. The van der Waals surface area contributed by atoms with Gasteiger partial charge in [0, 0.05) is 36.8 Å². The molecule has 3 heterocycles. The number of carbonyl (C=O) groups excluding carboxylic acids is 1. The van der Waals surface area contributed by atoms with Gasteiger partial charge in [-0.15, -0.1) is 0 Å². The number of pyridine rings is 1. The number of aryl methyl sites for hydroxylation is 1. The van der Waals surface area contributed by atoms with E-state index in [0.29, 0.717) is 24.6 Å². The Balaban J connectivity index is 1.43. The van der Waals surface area contributed by atoms with Gasteiger partial charge in [-0.3, -0.25) is 9.78 Å². The number of halogens is 2. The summed E-state index contributed by atoms with van der Waals surface area (Å²) in [6.45, 7) is 2.69. The maximum Gasteiger partial charge on any atom is 0.278 e. The van der Waals surface area contributed by atoms with Crippen LogP contribution in [-0.4, -0.2) is 40.1 Å². The van der Waals surface area contributed by atoms with Crippen molar-refractivity contribution in [1.29, 1.82) is 0 Å². The summed E-state index contributed by atoms with van der Waals surface area (Å²) in [6, 6.07) is 4.84. The minimum Gasteiger partial charge on any atom is -0.487 e. The first-order valence-corrected chi connectivity index (χ1v) is 8.89. The van der Waals surface area contributed by atoms with Crippen LogP contribution in [0.15, 0.2) is 49.1 Å². The SMILES string of the molecule is Cc1cncc(NC(=O)c2nccnc2N2CC(Oc3cc(F)cc(F)c3)C2)c1. The molecule has 1 N–H and O–H groups in total. The maximum atomic E-state index is 13.3. The summed E-state index contributed by atoms with van der Waals surface area (Å²) in [5, 5.41) is 2.76. The van der Waals surface area contributed by atoms with Gasteiger partial charge in [0.1, 0.15) is 23.5 Å². The molecule has 0 aliphatic carbocycles. The highest BCUT2D eigenvalue weighted by Crippen LogP contribution is 2.26. The van der Waals surface area contributed by atoms with E-state index in [-0.39, 0.29) is 17.5 Å². The molecular formula is C20H17F2N5O2. The zero-order chi connectivity index (χ0) is 20.4. The van der Waals surface area contributed by atoms with Crippen LogP contribution in [0.3, 0.4) is 0 Å². The molecule has 4 rings (SSSR count). The van der Waals surface area contributed by atoms with Gasteiger partial charge in [0.05, 0.1) is 25.0 Å². The standard InChI is InChI=1S/C20H17F2N5O2/c1-12-4-15(9-23-8-12)26-20(28)18-19(25-3-2-24-18)27-10-17(11-27)29-16-6-13(21)5-14(22)7-16/h2-9,17H,10-11H2,1H3,(H,26,28). The first-order valence-electron chi connectivity index (χ1n) is 8.89. The molecule has 7 nitrogen and oxygen atoms in total. The number of hydrogen-bond acceptors (Lipinski definition) is 6. The number of carbonyl (C=O) groups is 1. The number of ether oxygens (including phenoxy) is 1. The molecule has 0 saturated carbocycles. The van der Waals surface area contributed by atoms with Crippen molar-refractivity contribution in [1.82, 2.24) is 15.0 Å². The fourth-order valence-corrected chi connectivity index (χ4v) is 3.01. The van der Waals surface area contributed by atoms with Crippen LogP contribution in [0.25, 0.3) is 0 Å². The van der Waals surface area contributed by atoms with Crippen LogP contribution in [0.5, 0.6) is 5.75 Å². The molecule has 2 aromatic heterocycles. The molecular weight excluding hydrogens is 380 g/mol. The predicted octanol–water partition coefficient (Wildman–Crippen LogP) is 2.98. The predicted molar refractivity (Wildman–Crippen MR) is 102 cm³/mol. The number of anilines is 2. The van der Waals surface area contributed by atoms with Gasteiger partial charge in [-0.2, -0.15) is 0 Å². The average Bonchev–Trinajstić information content (AvgIpc) is 2.63. The second kappa shape index (κ2) is 7.78. The second-order valence-corrected chi connectivity index (χ2v) is 6.68. The summed E-state index contributed by atoms with van der Waals surface area (Å²) in [7, 11) is 0. The molecule has 1 saturated heterocycles. The molecule has 1 amide bonds. The Labute approximate surface area is 165 Å². The lowest BCUT2D eigenvalue weighted by atomic mass is 10.1. The van der Waals surface area contributed by atoms with E-state index < -0.39 is 17.5 Å². The zero-order valence-electron chi connectivity index (χ0n) is 15.5. The smallest absolute Gasteiger partial charge is 0.278 e. The third kappa shape index (κ3) is 4.29. The Morgan fingerprint density at radius 2 is 1.83 bits per heavy atom. The molecule has 1 aliphatic rings. The summed E-state index contributed by atoms with van der Waals surface area (Å²) in [5.74, 6) is -1.27. The van der Waals surface area contributed by atoms with Gasteiger partial charge in [0.2, 0.25) is 0 Å². The Bertz CT molecular complexity index is 1040. The maximum absolute atomic E-state index is 13.3. The van der Waals surface area contributed by atoms with Crippen LogP contribution in [0, 0.1) is 18.6 Å². The largest absolute Gasteiger partial charge is 0.487 e. The number of hydrogen-bond donors (Lipinski definition) is 1. The van der Waals surface area contributed by atoms with Crippen LogP contribution < -0.4 is 15.0 Å². The molecule has 0 unspecified atom stereocenters. The first kappa shape index (κ1) is 18.7. The zero-order valence-corrected chi connectivity index (χ0v) is 15.5. The highest BCUT2D eigenvalue weighted by Gasteiger charge is 2.33. The quantitative estimate of drug-likeness (QED) is 0.713. The number of aromatic nitrogens is 3. The fraction of sp³-hybridized carbons (Fsp3) is 0.200. The van der Waals surface area contributed by atoms with Crippen molar-refractivity contribution in [2.24, 2.45) is 0 Å². The summed E-state index contributed by atoms with van der Waals surface area (Å²) in [4.78, 5) is 26.9. The topological polar surface area (TPSA) is 80.2 Å². The van der Waals surface area contributed by atoms with Gasteiger partial charge in [0.25, 0.3) is 5.91 Å². The van der Waals surface area contributed by atoms with Crippen LogP contribution in [0.1, 0.15) is 16.1 Å². The van der Waals surface area contributed by atoms with Gasteiger partial charge in [0.15, 0.2) is 11.5 Å². The van der Waals surface area contributed by atoms with Crippen LogP contribution in [0.2, 0.25) is 0 Å². The Morgan fingerprint density at radius 1 is 1.10 bits per heavy atom. The van der Waals surface area contributed by atoms with Crippen molar-refractivity contribution < 1.29 is 18.3 Å². The van der Waals surface area contributed by atoms with Crippen molar-refractivity contribution in [2.75, 3.05) is 23.3 Å². The summed E-state index contributed by atoms with van der Waals surface area (Å²) < 4.78 is 32.2. The fourth-order valence-electron chi connectivity index (χ4n) is 3.01. The number of amides is 1. The minimum atomic E-state index is -0.699. The summed E-state index contributed by atoms with van der Waals surface area (Å²) >= 11 is 0. The van der Waals surface area contributed by atoms with Gasteiger partial charge in [-0.1, -0.05) is 0 Å². The second-order valence-electron chi connectivity index (χ2n) is 6.68. The molecule has 1 aromatic carbocycles. The van der Waals surface area contributed by atoms with E-state index in [2.05, 4.69) is 20.3 Å². The summed E-state index contributed by atoms with van der Waals surface area (Å²) in [6.07, 6.45) is 5.89. The Morgan fingerprint density at radius 3 is 2.55 bits per heavy atom. The number of rotatable bonds is 5. The van der Waals surface area contributed by atoms with Crippen molar-refractivity contribution in [2.45, 2.75) is 13.0 Å². The van der Waals surface area contributed by atoms with E-state index in [4.69, 9.17) is 4.74 Å². The normalized spacial score (nSPS) is 13.7. The van der Waals surface area contributed by atoms with Crippen molar-refractivity contribution in [3.05, 3.63) is 71.9 Å². The number of benzene rings is 1. The monoisotopic (exact) mass is 397 g/mol. The molecule has 1 aliphatic heterocycles. The molecule has 1 fully saturated rings. The van der Waals surface area contributed by atoms with Crippen LogP contribution >= 0.6 is 0 Å². The van der Waals surface area contributed by atoms with E-state index in [9.17, 15) is 13.6 Å². The molecule has 148 valence electrons.